The summed E-state index contributed by atoms with van der Waals surface area (Å²) in [6, 6.07) is 11.4. The number of carbonyl (C=O) groups excluding carboxylic acids is 1. The van der Waals surface area contributed by atoms with Crippen molar-refractivity contribution in [2.45, 2.75) is 20.3 Å². The number of nitrogens with zero attached hydrogens (tertiary/aromatic N) is 1. The molecule has 2 rings (SSSR count). The van der Waals surface area contributed by atoms with Crippen molar-refractivity contribution in [3.05, 3.63) is 52.8 Å². The summed E-state index contributed by atoms with van der Waals surface area (Å²) in [6.07, 6.45) is 2.63. The first-order valence-corrected chi connectivity index (χ1v) is 8.11. The van der Waals surface area contributed by atoms with E-state index in [0.29, 0.717) is 18.2 Å². The molecule has 2 N–H and O–H groups in total. The van der Waals surface area contributed by atoms with Gasteiger partial charge in [-0.3, -0.25) is 4.79 Å². The van der Waals surface area contributed by atoms with Crippen LogP contribution in [-0.4, -0.2) is 17.4 Å². The Hall–Kier alpha value is -1.88. The first kappa shape index (κ1) is 16.5. The fourth-order valence-corrected chi connectivity index (χ4v) is 2.30. The van der Waals surface area contributed by atoms with E-state index >= 15 is 0 Å². The summed E-state index contributed by atoms with van der Waals surface area (Å²) in [7, 11) is 0. The third kappa shape index (κ3) is 5.15. The van der Waals surface area contributed by atoms with Gasteiger partial charge in [-0.05, 0) is 42.7 Å². The van der Waals surface area contributed by atoms with Crippen LogP contribution in [0, 0.1) is 5.92 Å². The van der Waals surface area contributed by atoms with Gasteiger partial charge in [0.25, 0.3) is 5.91 Å². The Balaban J connectivity index is 1.93. The fraction of sp³-hybridized carbons (Fsp3) is 0.294. The summed E-state index contributed by atoms with van der Waals surface area (Å²) in [6.45, 7) is 4.94. The van der Waals surface area contributed by atoms with Crippen LogP contribution < -0.4 is 10.6 Å². The van der Waals surface area contributed by atoms with E-state index in [-0.39, 0.29) is 5.91 Å². The van der Waals surface area contributed by atoms with Gasteiger partial charge in [-0.25, -0.2) is 4.98 Å². The molecule has 0 bridgehead atoms. The first-order valence-electron chi connectivity index (χ1n) is 7.31. The second-order valence-corrected chi connectivity index (χ2v) is 6.42. The van der Waals surface area contributed by atoms with Crippen molar-refractivity contribution in [1.82, 2.24) is 10.3 Å². The number of anilines is 2. The number of halogens is 1. The Kier molecular flexibility index (Phi) is 5.95. The van der Waals surface area contributed by atoms with Crippen LogP contribution in [0.2, 0.25) is 0 Å². The van der Waals surface area contributed by atoms with Gasteiger partial charge in [0.15, 0.2) is 0 Å². The monoisotopic (exact) mass is 361 g/mol. The number of pyridine rings is 1. The second kappa shape index (κ2) is 7.94. The first-order chi connectivity index (χ1) is 10.5. The minimum Gasteiger partial charge on any atom is -0.354 e. The largest absolute Gasteiger partial charge is 0.354 e. The molecule has 0 unspecified atom stereocenters. The average Bonchev–Trinajstić information content (AvgIpc) is 2.47. The summed E-state index contributed by atoms with van der Waals surface area (Å²) in [5.41, 5.74) is 2.24. The van der Waals surface area contributed by atoms with Crippen molar-refractivity contribution in [1.29, 1.82) is 0 Å². The molecule has 0 aliphatic carbocycles. The summed E-state index contributed by atoms with van der Waals surface area (Å²) < 4.78 is 1.01. The fourth-order valence-electron chi connectivity index (χ4n) is 1.90. The van der Waals surface area contributed by atoms with Crippen molar-refractivity contribution >= 4 is 33.2 Å². The van der Waals surface area contributed by atoms with Crippen LogP contribution in [0.1, 0.15) is 30.8 Å². The predicted molar refractivity (Wildman–Crippen MR) is 93.4 cm³/mol. The van der Waals surface area contributed by atoms with Crippen LogP contribution in [0.3, 0.4) is 0 Å². The van der Waals surface area contributed by atoms with Crippen molar-refractivity contribution in [2.24, 2.45) is 5.92 Å². The standard InChI is InChI=1S/C17H20BrN3O/c1-12(2)8-9-19-17(22)16-7-6-15(11-20-16)21-14-5-3-4-13(18)10-14/h3-7,10-12,21H,8-9H2,1-2H3,(H,19,22). The van der Waals surface area contributed by atoms with E-state index in [1.165, 1.54) is 0 Å². The number of carbonyl (C=O) groups is 1. The van der Waals surface area contributed by atoms with E-state index in [1.807, 2.05) is 30.3 Å². The second-order valence-electron chi connectivity index (χ2n) is 5.51. The number of amides is 1. The van der Waals surface area contributed by atoms with E-state index in [0.717, 1.165) is 22.3 Å². The topological polar surface area (TPSA) is 54.0 Å². The number of hydrogen-bond donors (Lipinski definition) is 2. The van der Waals surface area contributed by atoms with E-state index < -0.39 is 0 Å². The zero-order valence-corrected chi connectivity index (χ0v) is 14.4. The Labute approximate surface area is 139 Å². The molecule has 0 radical (unpaired) electrons. The normalized spacial score (nSPS) is 10.5. The Bertz CT molecular complexity index is 626. The Morgan fingerprint density at radius 3 is 2.68 bits per heavy atom. The molecule has 1 aromatic heterocycles. The van der Waals surface area contributed by atoms with Gasteiger partial charge in [-0.1, -0.05) is 35.8 Å². The average molecular weight is 362 g/mol. The minimum atomic E-state index is -0.130. The van der Waals surface area contributed by atoms with Crippen LogP contribution in [0.4, 0.5) is 11.4 Å². The maximum absolute atomic E-state index is 11.9. The lowest BCUT2D eigenvalue weighted by atomic mass is 10.1. The van der Waals surface area contributed by atoms with Crippen LogP contribution in [0.25, 0.3) is 0 Å². The van der Waals surface area contributed by atoms with Crippen molar-refractivity contribution < 1.29 is 4.79 Å². The lowest BCUT2D eigenvalue weighted by Crippen LogP contribution is -2.26. The van der Waals surface area contributed by atoms with Crippen molar-refractivity contribution in [3.63, 3.8) is 0 Å². The van der Waals surface area contributed by atoms with E-state index in [1.54, 1.807) is 12.3 Å². The lowest BCUT2D eigenvalue weighted by molar-refractivity contribution is 0.0947. The molecular weight excluding hydrogens is 342 g/mol. The van der Waals surface area contributed by atoms with Gasteiger partial charge in [0, 0.05) is 16.7 Å². The molecule has 2 aromatic rings. The molecule has 0 saturated carbocycles. The van der Waals surface area contributed by atoms with Gasteiger partial charge in [0.1, 0.15) is 5.69 Å². The van der Waals surface area contributed by atoms with E-state index in [2.05, 4.69) is 45.4 Å². The SMILES string of the molecule is CC(C)CCNC(=O)c1ccc(Nc2cccc(Br)c2)cn1. The highest BCUT2D eigenvalue weighted by Gasteiger charge is 2.07. The molecule has 4 nitrogen and oxygen atoms in total. The van der Waals surface area contributed by atoms with Crippen LogP contribution in [-0.2, 0) is 0 Å². The number of aromatic nitrogens is 1. The smallest absolute Gasteiger partial charge is 0.269 e. The van der Waals surface area contributed by atoms with Crippen LogP contribution >= 0.6 is 15.9 Å². The zero-order chi connectivity index (χ0) is 15.9. The van der Waals surface area contributed by atoms with Crippen LogP contribution in [0.15, 0.2) is 47.1 Å². The molecule has 116 valence electrons. The Morgan fingerprint density at radius 1 is 1.23 bits per heavy atom. The third-order valence-corrected chi connectivity index (χ3v) is 3.61. The zero-order valence-electron chi connectivity index (χ0n) is 12.8. The Morgan fingerprint density at radius 2 is 2.05 bits per heavy atom. The number of benzene rings is 1. The number of rotatable bonds is 6. The molecule has 1 aromatic carbocycles. The molecule has 1 heterocycles. The quantitative estimate of drug-likeness (QED) is 0.803. The van der Waals surface area contributed by atoms with Gasteiger partial charge < -0.3 is 10.6 Å². The van der Waals surface area contributed by atoms with Gasteiger partial charge in [0.05, 0.1) is 11.9 Å². The molecule has 0 atom stereocenters. The van der Waals surface area contributed by atoms with Crippen LogP contribution in [0.5, 0.6) is 0 Å². The molecular formula is C17H20BrN3O. The molecule has 0 aliphatic heterocycles. The van der Waals surface area contributed by atoms with Crippen molar-refractivity contribution in [2.75, 3.05) is 11.9 Å². The van der Waals surface area contributed by atoms with E-state index in [9.17, 15) is 4.79 Å². The summed E-state index contributed by atoms with van der Waals surface area (Å²) in [4.78, 5) is 16.1. The van der Waals surface area contributed by atoms with E-state index in [4.69, 9.17) is 0 Å². The van der Waals surface area contributed by atoms with Gasteiger partial charge in [-0.2, -0.15) is 0 Å². The molecule has 0 saturated heterocycles. The molecule has 0 spiro atoms. The highest BCUT2D eigenvalue weighted by molar-refractivity contribution is 9.10. The van der Waals surface area contributed by atoms with Crippen molar-refractivity contribution in [3.8, 4) is 0 Å². The number of hydrogen-bond acceptors (Lipinski definition) is 3. The summed E-state index contributed by atoms with van der Waals surface area (Å²) >= 11 is 3.43. The molecule has 0 aliphatic rings. The maximum Gasteiger partial charge on any atom is 0.269 e. The highest BCUT2D eigenvalue weighted by Crippen LogP contribution is 2.20. The lowest BCUT2D eigenvalue weighted by Gasteiger charge is -2.08. The molecule has 5 heteroatoms. The van der Waals surface area contributed by atoms with Gasteiger partial charge in [0.2, 0.25) is 0 Å². The van der Waals surface area contributed by atoms with Gasteiger partial charge >= 0.3 is 0 Å². The minimum absolute atomic E-state index is 0.130. The number of nitrogens with one attached hydrogen (secondary N) is 2. The molecule has 1 amide bonds. The molecule has 0 fully saturated rings. The highest BCUT2D eigenvalue weighted by atomic mass is 79.9. The summed E-state index contributed by atoms with van der Waals surface area (Å²) in [5.74, 6) is 0.444. The third-order valence-electron chi connectivity index (χ3n) is 3.12. The summed E-state index contributed by atoms with van der Waals surface area (Å²) in [5, 5.41) is 6.12. The predicted octanol–water partition coefficient (Wildman–Crippen LogP) is 4.36. The maximum atomic E-state index is 11.9. The molecule has 22 heavy (non-hydrogen) atoms. The van der Waals surface area contributed by atoms with Gasteiger partial charge in [-0.15, -0.1) is 0 Å².